The Morgan fingerprint density at radius 3 is 2.34 bits per heavy atom. The number of esters is 1. The molecular formula is C24H30N2O5S. The van der Waals surface area contributed by atoms with E-state index in [0.29, 0.717) is 19.6 Å². The fourth-order valence-electron chi connectivity index (χ4n) is 3.67. The molecule has 1 saturated heterocycles. The van der Waals surface area contributed by atoms with Gasteiger partial charge in [0.25, 0.3) is 5.91 Å². The fourth-order valence-corrected chi connectivity index (χ4v) is 5.23. The average Bonchev–Trinajstić information content (AvgIpc) is 2.82. The Kier molecular flexibility index (Phi) is 8.04. The molecule has 1 amide bonds. The van der Waals surface area contributed by atoms with Crippen molar-refractivity contribution in [3.63, 3.8) is 0 Å². The number of nitrogens with zero attached hydrogens (tertiary/aromatic N) is 2. The monoisotopic (exact) mass is 458 g/mol. The minimum atomic E-state index is -3.66. The largest absolute Gasteiger partial charge is 0.452 e. The van der Waals surface area contributed by atoms with E-state index >= 15 is 0 Å². The Morgan fingerprint density at radius 1 is 1.00 bits per heavy atom. The van der Waals surface area contributed by atoms with Crippen LogP contribution in [-0.2, 0) is 26.1 Å². The van der Waals surface area contributed by atoms with Gasteiger partial charge in [-0.2, -0.15) is 4.31 Å². The van der Waals surface area contributed by atoms with Gasteiger partial charge in [0, 0.05) is 25.7 Å². The fraction of sp³-hybridized carbons (Fsp3) is 0.417. The number of rotatable bonds is 8. The normalized spacial score (nSPS) is 14.8. The predicted octanol–water partition coefficient (Wildman–Crippen LogP) is 3.46. The summed E-state index contributed by atoms with van der Waals surface area (Å²) in [5.74, 6) is -1.04. The molecule has 32 heavy (non-hydrogen) atoms. The van der Waals surface area contributed by atoms with Crippen LogP contribution in [0.5, 0.6) is 0 Å². The lowest BCUT2D eigenvalue weighted by Gasteiger charge is -2.27. The van der Waals surface area contributed by atoms with Crippen LogP contribution in [0.4, 0.5) is 0 Å². The molecule has 0 N–H and O–H groups in total. The highest BCUT2D eigenvalue weighted by atomic mass is 32.2. The molecular weight excluding hydrogens is 428 g/mol. The van der Waals surface area contributed by atoms with Crippen molar-refractivity contribution in [2.75, 3.05) is 19.7 Å². The molecule has 1 aliphatic heterocycles. The molecule has 0 aliphatic carbocycles. The average molecular weight is 459 g/mol. The zero-order valence-electron chi connectivity index (χ0n) is 18.6. The second kappa shape index (κ2) is 10.7. The molecule has 0 saturated carbocycles. The summed E-state index contributed by atoms with van der Waals surface area (Å²) >= 11 is 0. The van der Waals surface area contributed by atoms with Gasteiger partial charge in [-0.3, -0.25) is 4.79 Å². The molecule has 1 aliphatic rings. The van der Waals surface area contributed by atoms with E-state index in [1.807, 2.05) is 44.2 Å². The van der Waals surface area contributed by atoms with Crippen molar-refractivity contribution in [3.8, 4) is 0 Å². The van der Waals surface area contributed by atoms with Crippen LogP contribution in [0.25, 0.3) is 0 Å². The lowest BCUT2D eigenvalue weighted by molar-refractivity contribution is -0.136. The van der Waals surface area contributed by atoms with Crippen LogP contribution in [-0.4, -0.2) is 55.2 Å². The van der Waals surface area contributed by atoms with E-state index in [1.165, 1.54) is 28.6 Å². The molecule has 3 rings (SSSR count). The van der Waals surface area contributed by atoms with Crippen LogP contribution < -0.4 is 0 Å². The van der Waals surface area contributed by atoms with Gasteiger partial charge in [-0.1, -0.05) is 42.8 Å². The minimum Gasteiger partial charge on any atom is -0.452 e. The Bertz CT molecular complexity index is 1030. The molecule has 0 bridgehead atoms. The van der Waals surface area contributed by atoms with Gasteiger partial charge < -0.3 is 9.64 Å². The highest BCUT2D eigenvalue weighted by molar-refractivity contribution is 7.89. The van der Waals surface area contributed by atoms with Crippen LogP contribution >= 0.6 is 0 Å². The molecule has 7 nitrogen and oxygen atoms in total. The summed E-state index contributed by atoms with van der Waals surface area (Å²) in [4.78, 5) is 27.0. The number of amides is 1. The highest BCUT2D eigenvalue weighted by Crippen LogP contribution is 2.21. The number of carbonyl (C=O) groups is 2. The first kappa shape index (κ1) is 23.9. The van der Waals surface area contributed by atoms with Crippen LogP contribution in [0.15, 0.2) is 59.5 Å². The zero-order valence-corrected chi connectivity index (χ0v) is 19.4. The summed E-state index contributed by atoms with van der Waals surface area (Å²) in [5.41, 5.74) is 1.09. The number of carbonyl (C=O) groups excluding carboxylic acids is 2. The second-order valence-corrected chi connectivity index (χ2v) is 10.1. The summed E-state index contributed by atoms with van der Waals surface area (Å²) in [6, 6.07) is 15.3. The Labute approximate surface area is 190 Å². The van der Waals surface area contributed by atoms with Gasteiger partial charge in [-0.05, 0) is 50.5 Å². The van der Waals surface area contributed by atoms with Crippen LogP contribution in [0, 0.1) is 0 Å². The Balaban J connectivity index is 1.65. The van der Waals surface area contributed by atoms with E-state index in [2.05, 4.69) is 0 Å². The molecule has 1 heterocycles. The van der Waals surface area contributed by atoms with Gasteiger partial charge in [-0.25, -0.2) is 13.2 Å². The molecule has 0 spiro atoms. The van der Waals surface area contributed by atoms with E-state index in [0.717, 1.165) is 24.8 Å². The molecule has 172 valence electrons. The second-order valence-electron chi connectivity index (χ2n) is 8.17. The molecule has 2 aromatic carbocycles. The quantitative estimate of drug-likeness (QED) is 0.566. The maximum Gasteiger partial charge on any atom is 0.338 e. The zero-order chi connectivity index (χ0) is 23.1. The molecule has 0 atom stereocenters. The maximum atomic E-state index is 12.9. The maximum absolute atomic E-state index is 12.9. The number of benzene rings is 2. The first-order chi connectivity index (χ1) is 15.3. The van der Waals surface area contributed by atoms with Crippen molar-refractivity contribution in [2.45, 2.75) is 50.6 Å². The molecule has 8 heteroatoms. The molecule has 1 fully saturated rings. The van der Waals surface area contributed by atoms with Crippen LogP contribution in [0.1, 0.15) is 49.0 Å². The Hall–Kier alpha value is -2.71. The standard InChI is InChI=1S/C24H30N2O5S/c1-19(2)26(17-20-10-5-3-6-11-20)23(27)18-31-24(28)21-12-9-13-22(16-21)32(29,30)25-14-7-4-8-15-25/h3,5-6,9-13,16,19H,4,7-8,14-15,17-18H2,1-2H3. The minimum absolute atomic E-state index is 0.0630. The first-order valence-electron chi connectivity index (χ1n) is 10.9. The summed E-state index contributed by atoms with van der Waals surface area (Å²) in [6.45, 7) is 4.77. The predicted molar refractivity (Wildman–Crippen MR) is 121 cm³/mol. The smallest absolute Gasteiger partial charge is 0.338 e. The number of hydrogen-bond donors (Lipinski definition) is 0. The van der Waals surface area contributed by atoms with E-state index in [1.54, 1.807) is 4.90 Å². The van der Waals surface area contributed by atoms with Gasteiger partial charge in [0.2, 0.25) is 10.0 Å². The van der Waals surface area contributed by atoms with Gasteiger partial charge in [0.15, 0.2) is 6.61 Å². The van der Waals surface area contributed by atoms with E-state index in [9.17, 15) is 18.0 Å². The van der Waals surface area contributed by atoms with Crippen molar-refractivity contribution in [1.29, 1.82) is 0 Å². The lowest BCUT2D eigenvalue weighted by atomic mass is 10.2. The summed E-state index contributed by atoms with van der Waals surface area (Å²) in [6.07, 6.45) is 2.68. The van der Waals surface area contributed by atoms with Crippen molar-refractivity contribution < 1.29 is 22.7 Å². The topological polar surface area (TPSA) is 84.0 Å². The summed E-state index contributed by atoms with van der Waals surface area (Å²) < 4.78 is 32.4. The molecule has 2 aromatic rings. The number of sulfonamides is 1. The molecule has 0 unspecified atom stereocenters. The first-order valence-corrected chi connectivity index (χ1v) is 12.3. The van der Waals surface area contributed by atoms with E-state index < -0.39 is 22.6 Å². The van der Waals surface area contributed by atoms with Gasteiger partial charge in [0.1, 0.15) is 0 Å². The number of hydrogen-bond acceptors (Lipinski definition) is 5. The SMILES string of the molecule is CC(C)N(Cc1ccccc1)C(=O)COC(=O)c1cccc(S(=O)(=O)N2CCCCC2)c1. The highest BCUT2D eigenvalue weighted by Gasteiger charge is 2.27. The number of ether oxygens (including phenoxy) is 1. The third-order valence-corrected chi connectivity index (χ3v) is 7.38. The van der Waals surface area contributed by atoms with Gasteiger partial charge in [0.05, 0.1) is 10.5 Å². The van der Waals surface area contributed by atoms with Gasteiger partial charge >= 0.3 is 5.97 Å². The third-order valence-electron chi connectivity index (χ3n) is 5.49. The van der Waals surface area contributed by atoms with Crippen molar-refractivity contribution in [1.82, 2.24) is 9.21 Å². The van der Waals surface area contributed by atoms with E-state index in [4.69, 9.17) is 4.74 Å². The van der Waals surface area contributed by atoms with E-state index in [-0.39, 0.29) is 22.4 Å². The van der Waals surface area contributed by atoms with Gasteiger partial charge in [-0.15, -0.1) is 0 Å². The summed E-state index contributed by atoms with van der Waals surface area (Å²) in [7, 11) is -3.66. The van der Waals surface area contributed by atoms with Crippen LogP contribution in [0.3, 0.4) is 0 Å². The van der Waals surface area contributed by atoms with Crippen molar-refractivity contribution >= 4 is 21.9 Å². The molecule has 0 aromatic heterocycles. The van der Waals surface area contributed by atoms with Crippen molar-refractivity contribution in [3.05, 3.63) is 65.7 Å². The van der Waals surface area contributed by atoms with Crippen molar-refractivity contribution in [2.24, 2.45) is 0 Å². The number of piperidine rings is 1. The Morgan fingerprint density at radius 2 is 1.69 bits per heavy atom. The lowest BCUT2D eigenvalue weighted by Crippen LogP contribution is -2.39. The van der Waals surface area contributed by atoms with Crippen LogP contribution in [0.2, 0.25) is 0 Å². The molecule has 0 radical (unpaired) electrons. The summed E-state index contributed by atoms with van der Waals surface area (Å²) in [5, 5.41) is 0. The third kappa shape index (κ3) is 5.95.